The molecule has 4 nitrogen and oxygen atoms in total. The van der Waals surface area contributed by atoms with E-state index in [1.54, 1.807) is 5.51 Å². The number of para-hydroxylation sites is 1. The Balaban J connectivity index is 1.48. The number of hydrogen-bond acceptors (Lipinski definition) is 4. The Morgan fingerprint density at radius 2 is 1.52 bits per heavy atom. The van der Waals surface area contributed by atoms with Crippen LogP contribution in [0.1, 0.15) is 9.67 Å². The summed E-state index contributed by atoms with van der Waals surface area (Å²) in [6.45, 7) is 3.18. The predicted octanol–water partition coefficient (Wildman–Crippen LogP) is 3.77. The minimum absolute atomic E-state index is 0.0917. The van der Waals surface area contributed by atoms with Gasteiger partial charge < -0.3 is 9.80 Å². The fourth-order valence-electron chi connectivity index (χ4n) is 3.15. The van der Waals surface area contributed by atoms with Gasteiger partial charge in [0.05, 0.1) is 11.2 Å². The standard InChI is InChI=1S/C20H19N3OS/c24-20(19-18(21-15-25-19)16-7-3-1-4-8-16)23-13-11-22(12-14-23)17-9-5-2-6-10-17/h1-10,15H,11-14H2. The molecule has 25 heavy (non-hydrogen) atoms. The number of anilines is 1. The average Bonchev–Trinajstić information content (AvgIpc) is 3.19. The Morgan fingerprint density at radius 3 is 2.20 bits per heavy atom. The number of rotatable bonds is 3. The van der Waals surface area contributed by atoms with Gasteiger partial charge in [0.1, 0.15) is 4.88 Å². The summed E-state index contributed by atoms with van der Waals surface area (Å²) in [6, 6.07) is 20.3. The zero-order chi connectivity index (χ0) is 17.1. The van der Waals surface area contributed by atoms with Gasteiger partial charge in [0, 0.05) is 37.4 Å². The first kappa shape index (κ1) is 15.8. The molecular weight excluding hydrogens is 330 g/mol. The van der Waals surface area contributed by atoms with E-state index in [2.05, 4.69) is 34.1 Å². The van der Waals surface area contributed by atoms with Crippen LogP contribution in [0.15, 0.2) is 66.2 Å². The molecule has 0 saturated carbocycles. The van der Waals surface area contributed by atoms with E-state index in [1.165, 1.54) is 17.0 Å². The van der Waals surface area contributed by atoms with Crippen molar-refractivity contribution in [1.82, 2.24) is 9.88 Å². The van der Waals surface area contributed by atoms with Crippen molar-refractivity contribution in [3.63, 3.8) is 0 Å². The van der Waals surface area contributed by atoms with Gasteiger partial charge >= 0.3 is 0 Å². The Hall–Kier alpha value is -2.66. The van der Waals surface area contributed by atoms with Crippen molar-refractivity contribution < 1.29 is 4.79 Å². The molecule has 1 aliphatic rings. The highest BCUT2D eigenvalue weighted by atomic mass is 32.1. The summed E-state index contributed by atoms with van der Waals surface area (Å²) in [4.78, 5) is 22.4. The molecule has 4 rings (SSSR count). The van der Waals surface area contributed by atoms with Gasteiger partial charge in [-0.25, -0.2) is 4.98 Å². The minimum atomic E-state index is 0.0917. The maximum Gasteiger partial charge on any atom is 0.266 e. The molecule has 5 heteroatoms. The molecule has 2 heterocycles. The summed E-state index contributed by atoms with van der Waals surface area (Å²) >= 11 is 1.43. The first-order valence-electron chi connectivity index (χ1n) is 8.41. The number of aromatic nitrogens is 1. The number of carbonyl (C=O) groups excluding carboxylic acids is 1. The third kappa shape index (κ3) is 3.28. The van der Waals surface area contributed by atoms with Gasteiger partial charge in [0.2, 0.25) is 0 Å². The van der Waals surface area contributed by atoms with Gasteiger partial charge in [-0.1, -0.05) is 48.5 Å². The molecule has 0 spiro atoms. The highest BCUT2D eigenvalue weighted by Gasteiger charge is 2.25. The molecule has 0 radical (unpaired) electrons. The Morgan fingerprint density at radius 1 is 0.880 bits per heavy atom. The normalized spacial score (nSPS) is 14.6. The van der Waals surface area contributed by atoms with Crippen LogP contribution < -0.4 is 4.90 Å². The molecule has 0 unspecified atom stereocenters. The summed E-state index contributed by atoms with van der Waals surface area (Å²) in [6.07, 6.45) is 0. The largest absolute Gasteiger partial charge is 0.368 e. The van der Waals surface area contributed by atoms with Crippen LogP contribution in [0.4, 0.5) is 5.69 Å². The van der Waals surface area contributed by atoms with E-state index in [-0.39, 0.29) is 5.91 Å². The third-order valence-electron chi connectivity index (χ3n) is 4.50. The van der Waals surface area contributed by atoms with Crippen LogP contribution in [0.2, 0.25) is 0 Å². The zero-order valence-electron chi connectivity index (χ0n) is 13.8. The van der Waals surface area contributed by atoms with Crippen LogP contribution in [0.3, 0.4) is 0 Å². The van der Waals surface area contributed by atoms with Gasteiger partial charge in [-0.15, -0.1) is 11.3 Å². The predicted molar refractivity (Wildman–Crippen MR) is 102 cm³/mol. The van der Waals surface area contributed by atoms with Gasteiger partial charge in [-0.2, -0.15) is 0 Å². The molecule has 126 valence electrons. The first-order chi connectivity index (χ1) is 12.3. The fraction of sp³-hybridized carbons (Fsp3) is 0.200. The van der Waals surface area contributed by atoms with E-state index in [4.69, 9.17) is 0 Å². The fourth-order valence-corrected chi connectivity index (χ4v) is 3.93. The van der Waals surface area contributed by atoms with Gasteiger partial charge in [0.15, 0.2) is 0 Å². The summed E-state index contributed by atoms with van der Waals surface area (Å²) < 4.78 is 0. The monoisotopic (exact) mass is 349 g/mol. The average molecular weight is 349 g/mol. The molecule has 1 aromatic heterocycles. The zero-order valence-corrected chi connectivity index (χ0v) is 14.7. The van der Waals surface area contributed by atoms with Crippen molar-refractivity contribution >= 4 is 22.9 Å². The van der Waals surface area contributed by atoms with Crippen LogP contribution in [0.25, 0.3) is 11.3 Å². The summed E-state index contributed by atoms with van der Waals surface area (Å²) in [5.74, 6) is 0.0917. The molecule has 0 aliphatic carbocycles. The molecule has 2 aromatic carbocycles. The lowest BCUT2D eigenvalue weighted by Crippen LogP contribution is -2.48. The summed E-state index contributed by atoms with van der Waals surface area (Å²) in [7, 11) is 0. The van der Waals surface area contributed by atoms with Crippen LogP contribution in [-0.2, 0) is 0 Å². The van der Waals surface area contributed by atoms with Crippen molar-refractivity contribution in [3.05, 3.63) is 71.1 Å². The molecule has 1 aliphatic heterocycles. The van der Waals surface area contributed by atoms with E-state index in [1.807, 2.05) is 41.3 Å². The van der Waals surface area contributed by atoms with E-state index >= 15 is 0 Å². The Labute approximate surface area is 151 Å². The number of thiazole rings is 1. The third-order valence-corrected chi connectivity index (χ3v) is 5.31. The van der Waals surface area contributed by atoms with Crippen LogP contribution in [0.5, 0.6) is 0 Å². The maximum absolute atomic E-state index is 13.0. The highest BCUT2D eigenvalue weighted by molar-refractivity contribution is 7.12. The minimum Gasteiger partial charge on any atom is -0.368 e. The molecule has 0 N–H and O–H groups in total. The van der Waals surface area contributed by atoms with Crippen molar-refractivity contribution in [1.29, 1.82) is 0 Å². The maximum atomic E-state index is 13.0. The van der Waals surface area contributed by atoms with Gasteiger partial charge in [-0.05, 0) is 12.1 Å². The molecule has 1 fully saturated rings. The lowest BCUT2D eigenvalue weighted by molar-refractivity contribution is 0.0752. The lowest BCUT2D eigenvalue weighted by atomic mass is 10.1. The Kier molecular flexibility index (Phi) is 4.48. The van der Waals surface area contributed by atoms with E-state index in [0.717, 1.165) is 42.3 Å². The van der Waals surface area contributed by atoms with Gasteiger partial charge in [-0.3, -0.25) is 4.79 Å². The van der Waals surface area contributed by atoms with Crippen LogP contribution in [-0.4, -0.2) is 42.0 Å². The number of hydrogen-bond donors (Lipinski definition) is 0. The van der Waals surface area contributed by atoms with Crippen LogP contribution >= 0.6 is 11.3 Å². The van der Waals surface area contributed by atoms with Crippen molar-refractivity contribution in [2.75, 3.05) is 31.1 Å². The number of piperazine rings is 1. The smallest absolute Gasteiger partial charge is 0.266 e. The Bertz CT molecular complexity index is 840. The second-order valence-corrected chi connectivity index (χ2v) is 6.87. The molecule has 0 bridgehead atoms. The van der Waals surface area contributed by atoms with Crippen molar-refractivity contribution in [3.8, 4) is 11.3 Å². The first-order valence-corrected chi connectivity index (χ1v) is 9.29. The molecule has 0 atom stereocenters. The number of amides is 1. The number of nitrogens with zero attached hydrogens (tertiary/aromatic N) is 3. The molecule has 1 saturated heterocycles. The van der Waals surface area contributed by atoms with Crippen molar-refractivity contribution in [2.45, 2.75) is 0 Å². The lowest BCUT2D eigenvalue weighted by Gasteiger charge is -2.36. The summed E-state index contributed by atoms with van der Waals surface area (Å²) in [5, 5.41) is 0. The van der Waals surface area contributed by atoms with E-state index in [9.17, 15) is 4.79 Å². The quantitative estimate of drug-likeness (QED) is 0.722. The SMILES string of the molecule is O=C(c1scnc1-c1ccccc1)N1CCN(c2ccccc2)CC1. The second kappa shape index (κ2) is 7.07. The van der Waals surface area contributed by atoms with Crippen LogP contribution in [0, 0.1) is 0 Å². The number of benzene rings is 2. The van der Waals surface area contributed by atoms with Gasteiger partial charge in [0.25, 0.3) is 5.91 Å². The van der Waals surface area contributed by atoms with E-state index in [0.29, 0.717) is 0 Å². The molecular formula is C20H19N3OS. The highest BCUT2D eigenvalue weighted by Crippen LogP contribution is 2.27. The molecule has 1 amide bonds. The topological polar surface area (TPSA) is 36.4 Å². The number of carbonyl (C=O) groups is 1. The summed E-state index contributed by atoms with van der Waals surface area (Å²) in [5.41, 5.74) is 4.77. The second-order valence-electron chi connectivity index (χ2n) is 6.01. The molecule has 3 aromatic rings. The van der Waals surface area contributed by atoms with Crippen molar-refractivity contribution in [2.24, 2.45) is 0 Å². The van der Waals surface area contributed by atoms with E-state index < -0.39 is 0 Å².